The second kappa shape index (κ2) is 3.06. The Balaban J connectivity index is 2.73. The molecule has 0 aromatic carbocycles. The molecular formula is C12H22O2. The normalized spacial score (nSPS) is 20.7. The molecule has 1 rings (SSSR count). The van der Waals surface area contributed by atoms with Crippen LogP contribution in [0.1, 0.15) is 54.4 Å². The number of hydrogen-bond acceptors (Lipinski definition) is 2. The minimum Gasteiger partial charge on any atom is -0.362 e. The van der Waals surface area contributed by atoms with Gasteiger partial charge >= 0.3 is 0 Å². The van der Waals surface area contributed by atoms with E-state index >= 15 is 0 Å². The summed E-state index contributed by atoms with van der Waals surface area (Å²) in [5, 5.41) is 0. The van der Waals surface area contributed by atoms with Crippen LogP contribution in [0.4, 0.5) is 0 Å². The van der Waals surface area contributed by atoms with Crippen molar-refractivity contribution in [3.05, 3.63) is 0 Å². The molecule has 2 nitrogen and oxygen atoms in total. The van der Waals surface area contributed by atoms with Crippen LogP contribution in [0.15, 0.2) is 0 Å². The first-order chi connectivity index (χ1) is 6.07. The van der Waals surface area contributed by atoms with Gasteiger partial charge in [-0.2, -0.15) is 0 Å². The minimum atomic E-state index is -0.462. The Hall–Kier alpha value is -0.370. The lowest BCUT2D eigenvalue weighted by atomic mass is 9.86. The Morgan fingerprint density at radius 3 is 1.71 bits per heavy atom. The number of carbonyl (C=O) groups is 1. The van der Waals surface area contributed by atoms with Gasteiger partial charge in [-0.15, -0.1) is 0 Å². The summed E-state index contributed by atoms with van der Waals surface area (Å²) in [5.41, 5.74) is -0.977. The van der Waals surface area contributed by atoms with Crippen LogP contribution in [0.5, 0.6) is 0 Å². The first-order valence-corrected chi connectivity index (χ1v) is 5.32. The van der Waals surface area contributed by atoms with Gasteiger partial charge < -0.3 is 4.74 Å². The van der Waals surface area contributed by atoms with Crippen molar-refractivity contribution >= 4 is 5.78 Å². The van der Waals surface area contributed by atoms with Crippen LogP contribution >= 0.6 is 0 Å². The van der Waals surface area contributed by atoms with E-state index in [2.05, 4.69) is 0 Å². The van der Waals surface area contributed by atoms with Gasteiger partial charge in [-0.1, -0.05) is 20.8 Å². The van der Waals surface area contributed by atoms with E-state index in [9.17, 15) is 4.79 Å². The van der Waals surface area contributed by atoms with Crippen molar-refractivity contribution in [1.82, 2.24) is 0 Å². The molecule has 2 heteroatoms. The van der Waals surface area contributed by atoms with E-state index in [-0.39, 0.29) is 16.8 Å². The molecule has 1 saturated carbocycles. The topological polar surface area (TPSA) is 26.3 Å². The summed E-state index contributed by atoms with van der Waals surface area (Å²) in [6, 6.07) is 0. The monoisotopic (exact) mass is 198 g/mol. The number of carbonyl (C=O) groups excluding carboxylic acids is 1. The SMILES string of the molecule is CC(C)(C)OC1(C(=O)C(C)(C)C)CC1. The maximum absolute atomic E-state index is 12.1. The highest BCUT2D eigenvalue weighted by atomic mass is 16.5. The Morgan fingerprint density at radius 2 is 1.50 bits per heavy atom. The van der Waals surface area contributed by atoms with Crippen LogP contribution in [0.3, 0.4) is 0 Å². The lowest BCUT2D eigenvalue weighted by Crippen LogP contribution is -2.41. The molecule has 0 aromatic rings. The Kier molecular flexibility index (Phi) is 2.56. The highest BCUT2D eigenvalue weighted by Gasteiger charge is 2.56. The van der Waals surface area contributed by atoms with E-state index in [1.807, 2.05) is 41.5 Å². The van der Waals surface area contributed by atoms with E-state index < -0.39 is 5.60 Å². The summed E-state index contributed by atoms with van der Waals surface area (Å²) in [7, 11) is 0. The van der Waals surface area contributed by atoms with Crippen molar-refractivity contribution in [2.45, 2.75) is 65.6 Å². The second-order valence-electron chi connectivity index (χ2n) is 6.29. The predicted molar refractivity (Wildman–Crippen MR) is 57.3 cm³/mol. The zero-order valence-electron chi connectivity index (χ0n) is 10.2. The lowest BCUT2D eigenvalue weighted by molar-refractivity contribution is -0.152. The summed E-state index contributed by atoms with van der Waals surface area (Å²) in [4.78, 5) is 12.1. The predicted octanol–water partition coefficient (Wildman–Crippen LogP) is 2.95. The van der Waals surface area contributed by atoms with Gasteiger partial charge in [-0.3, -0.25) is 4.79 Å². The number of hydrogen-bond donors (Lipinski definition) is 0. The molecule has 14 heavy (non-hydrogen) atoms. The van der Waals surface area contributed by atoms with Gasteiger partial charge in [0.15, 0.2) is 5.78 Å². The van der Waals surface area contributed by atoms with Crippen LogP contribution in [0, 0.1) is 5.41 Å². The van der Waals surface area contributed by atoms with E-state index in [4.69, 9.17) is 4.74 Å². The molecule has 0 bridgehead atoms. The molecule has 0 atom stereocenters. The van der Waals surface area contributed by atoms with Gasteiger partial charge in [0.1, 0.15) is 5.60 Å². The van der Waals surface area contributed by atoms with E-state index in [1.54, 1.807) is 0 Å². The van der Waals surface area contributed by atoms with Gasteiger partial charge in [0.25, 0.3) is 0 Å². The molecule has 0 radical (unpaired) electrons. The standard InChI is InChI=1S/C12H22O2/c1-10(2,3)9(13)12(7-8-12)14-11(4,5)6/h7-8H2,1-6H3. The molecule has 0 N–H and O–H groups in total. The molecular weight excluding hydrogens is 176 g/mol. The maximum atomic E-state index is 12.1. The summed E-state index contributed by atoms with van der Waals surface area (Å²) in [5.74, 6) is 0.250. The average Bonchev–Trinajstić information content (AvgIpc) is 2.62. The average molecular weight is 198 g/mol. The molecule has 1 aliphatic carbocycles. The highest BCUT2D eigenvalue weighted by Crippen LogP contribution is 2.47. The molecule has 0 saturated heterocycles. The summed E-state index contributed by atoms with van der Waals surface area (Å²) in [6.45, 7) is 11.9. The molecule has 82 valence electrons. The third kappa shape index (κ3) is 2.57. The molecule has 0 amide bonds. The Bertz CT molecular complexity index is 236. The molecule has 0 aromatic heterocycles. The third-order valence-electron chi connectivity index (χ3n) is 2.30. The van der Waals surface area contributed by atoms with Crippen molar-refractivity contribution in [1.29, 1.82) is 0 Å². The van der Waals surface area contributed by atoms with Crippen molar-refractivity contribution < 1.29 is 9.53 Å². The zero-order chi connectivity index (χ0) is 11.2. The van der Waals surface area contributed by atoms with Crippen LogP contribution in [-0.4, -0.2) is 17.0 Å². The molecule has 0 heterocycles. The lowest BCUT2D eigenvalue weighted by Gasteiger charge is -2.30. The fraction of sp³-hybridized carbons (Fsp3) is 0.917. The molecule has 1 fully saturated rings. The first-order valence-electron chi connectivity index (χ1n) is 5.32. The summed E-state index contributed by atoms with van der Waals surface area (Å²) in [6.07, 6.45) is 1.78. The van der Waals surface area contributed by atoms with E-state index in [1.165, 1.54) is 0 Å². The first kappa shape index (κ1) is 11.7. The van der Waals surface area contributed by atoms with Crippen LogP contribution in [0.25, 0.3) is 0 Å². The highest BCUT2D eigenvalue weighted by molar-refractivity contribution is 5.94. The number of Topliss-reactive ketones (excluding diaryl/α,β-unsaturated/α-hetero) is 1. The van der Waals surface area contributed by atoms with Gasteiger partial charge in [0.2, 0.25) is 0 Å². The van der Waals surface area contributed by atoms with Crippen molar-refractivity contribution in [2.75, 3.05) is 0 Å². The molecule has 0 aliphatic heterocycles. The zero-order valence-corrected chi connectivity index (χ0v) is 10.2. The largest absolute Gasteiger partial charge is 0.362 e. The fourth-order valence-corrected chi connectivity index (χ4v) is 1.76. The Labute approximate surface area is 87.0 Å². The van der Waals surface area contributed by atoms with Crippen molar-refractivity contribution in [2.24, 2.45) is 5.41 Å². The number of rotatable bonds is 2. The molecule has 0 spiro atoms. The smallest absolute Gasteiger partial charge is 0.169 e. The molecule has 1 aliphatic rings. The number of ketones is 1. The van der Waals surface area contributed by atoms with Crippen molar-refractivity contribution in [3.8, 4) is 0 Å². The quantitative estimate of drug-likeness (QED) is 0.682. The third-order valence-corrected chi connectivity index (χ3v) is 2.30. The second-order valence-corrected chi connectivity index (χ2v) is 6.29. The van der Waals surface area contributed by atoms with Gasteiger partial charge in [0.05, 0.1) is 5.60 Å². The fourth-order valence-electron chi connectivity index (χ4n) is 1.76. The van der Waals surface area contributed by atoms with E-state index in [0.29, 0.717) is 0 Å². The minimum absolute atomic E-state index is 0.225. The van der Waals surface area contributed by atoms with Crippen LogP contribution < -0.4 is 0 Å². The van der Waals surface area contributed by atoms with E-state index in [0.717, 1.165) is 12.8 Å². The van der Waals surface area contributed by atoms with Gasteiger partial charge in [-0.25, -0.2) is 0 Å². The van der Waals surface area contributed by atoms with Crippen LogP contribution in [0.2, 0.25) is 0 Å². The summed E-state index contributed by atoms with van der Waals surface area (Å²) < 4.78 is 5.88. The van der Waals surface area contributed by atoms with Crippen molar-refractivity contribution in [3.63, 3.8) is 0 Å². The molecule has 0 unspecified atom stereocenters. The van der Waals surface area contributed by atoms with Gasteiger partial charge in [-0.05, 0) is 33.6 Å². The van der Waals surface area contributed by atoms with Crippen LogP contribution in [-0.2, 0) is 9.53 Å². The number of ether oxygens (including phenoxy) is 1. The maximum Gasteiger partial charge on any atom is 0.169 e. The Morgan fingerprint density at radius 1 is 1.07 bits per heavy atom. The summed E-state index contributed by atoms with van der Waals surface area (Å²) >= 11 is 0. The van der Waals surface area contributed by atoms with Gasteiger partial charge in [0, 0.05) is 5.41 Å².